The van der Waals surface area contributed by atoms with E-state index >= 15 is 0 Å². The molecule has 3 rings (SSSR count). The topological polar surface area (TPSA) is 61.4 Å². The molecule has 0 aliphatic rings. The van der Waals surface area contributed by atoms with Crippen LogP contribution in [0.25, 0.3) is 22.6 Å². The number of hydrogen-bond acceptors (Lipinski definition) is 6. The Hall–Kier alpha value is -2.38. The Morgan fingerprint density at radius 1 is 1.05 bits per heavy atom. The van der Waals surface area contributed by atoms with Gasteiger partial charge in [-0.05, 0) is 70.9 Å². The second-order valence-electron chi connectivity index (χ2n) is 11.6. The molecule has 0 saturated heterocycles. The van der Waals surface area contributed by atoms with Crippen LogP contribution in [0.5, 0.6) is 0 Å². The lowest BCUT2D eigenvalue weighted by atomic mass is 9.83. The first-order valence-electron chi connectivity index (χ1n) is 13.9. The minimum Gasteiger partial charge on any atom is -0.462 e. The van der Waals surface area contributed by atoms with Gasteiger partial charge in [-0.15, -0.1) is 22.7 Å². The summed E-state index contributed by atoms with van der Waals surface area (Å²) in [7, 11) is 0. The van der Waals surface area contributed by atoms with Gasteiger partial charge in [0.1, 0.15) is 0 Å². The van der Waals surface area contributed by atoms with Crippen LogP contribution in [0, 0.1) is 39.0 Å². The SMILES string of the molecule is C=C(C)C(=O)OCCCC.CCC(Cn1c(-c2cc(C)sc2C)c(-c2cc(C)sc2C)oc1=O)CC(C)(C)C. The van der Waals surface area contributed by atoms with Crippen molar-refractivity contribution >= 4 is 28.6 Å². The van der Waals surface area contributed by atoms with Crippen LogP contribution in [0.1, 0.15) is 86.7 Å². The fraction of sp³-hybridized carbons (Fsp3) is 0.562. The van der Waals surface area contributed by atoms with Crippen LogP contribution in [-0.2, 0) is 16.1 Å². The normalized spacial score (nSPS) is 12.2. The lowest BCUT2D eigenvalue weighted by Gasteiger charge is -2.25. The zero-order valence-electron chi connectivity index (χ0n) is 25.6. The highest BCUT2D eigenvalue weighted by Gasteiger charge is 2.27. The third-order valence-corrected chi connectivity index (χ3v) is 8.41. The Bertz CT molecular complexity index is 1310. The van der Waals surface area contributed by atoms with Crippen LogP contribution in [0.2, 0.25) is 0 Å². The molecule has 0 radical (unpaired) electrons. The number of carbonyl (C=O) groups is 1. The Kier molecular flexibility index (Phi) is 12.0. The summed E-state index contributed by atoms with van der Waals surface area (Å²) in [6.45, 7) is 25.9. The molecule has 0 bridgehead atoms. The summed E-state index contributed by atoms with van der Waals surface area (Å²) in [5.41, 5.74) is 3.82. The van der Waals surface area contributed by atoms with Gasteiger partial charge in [0.15, 0.2) is 5.76 Å². The van der Waals surface area contributed by atoms with Gasteiger partial charge in [0, 0.05) is 42.8 Å². The molecule has 0 aromatic carbocycles. The van der Waals surface area contributed by atoms with Gasteiger partial charge in [-0.1, -0.05) is 54.0 Å². The molecule has 0 saturated carbocycles. The van der Waals surface area contributed by atoms with Gasteiger partial charge < -0.3 is 9.15 Å². The number of rotatable bonds is 10. The Labute approximate surface area is 242 Å². The number of aryl methyl sites for hydroxylation is 4. The number of nitrogens with zero attached hydrogens (tertiary/aromatic N) is 1. The van der Waals surface area contributed by atoms with Gasteiger partial charge in [0.2, 0.25) is 0 Å². The van der Waals surface area contributed by atoms with Gasteiger partial charge in [-0.2, -0.15) is 0 Å². The summed E-state index contributed by atoms with van der Waals surface area (Å²) in [4.78, 5) is 28.7. The van der Waals surface area contributed by atoms with Crippen molar-refractivity contribution in [3.8, 4) is 22.6 Å². The molecule has 7 heteroatoms. The van der Waals surface area contributed by atoms with Crippen molar-refractivity contribution in [2.45, 2.75) is 101 Å². The fourth-order valence-electron chi connectivity index (χ4n) is 4.64. The Morgan fingerprint density at radius 3 is 2.05 bits per heavy atom. The molecule has 39 heavy (non-hydrogen) atoms. The van der Waals surface area contributed by atoms with Crippen molar-refractivity contribution < 1.29 is 13.9 Å². The number of oxazole rings is 1. The van der Waals surface area contributed by atoms with E-state index in [1.54, 1.807) is 29.6 Å². The van der Waals surface area contributed by atoms with Crippen molar-refractivity contribution in [3.63, 3.8) is 0 Å². The van der Waals surface area contributed by atoms with Gasteiger partial charge >= 0.3 is 11.7 Å². The van der Waals surface area contributed by atoms with Crippen LogP contribution < -0.4 is 5.76 Å². The fourth-order valence-corrected chi connectivity index (χ4v) is 6.48. The maximum atomic E-state index is 13.1. The van der Waals surface area contributed by atoms with Crippen molar-refractivity contribution in [2.75, 3.05) is 6.61 Å². The van der Waals surface area contributed by atoms with Gasteiger partial charge in [-0.3, -0.25) is 4.57 Å². The number of esters is 1. The highest BCUT2D eigenvalue weighted by atomic mass is 32.1. The molecule has 216 valence electrons. The first kappa shape index (κ1) is 32.8. The van der Waals surface area contributed by atoms with Crippen LogP contribution >= 0.6 is 22.7 Å². The molecule has 3 aromatic heterocycles. The van der Waals surface area contributed by atoms with Crippen molar-refractivity contribution in [3.05, 3.63) is 54.3 Å². The first-order valence-corrected chi connectivity index (χ1v) is 15.5. The maximum absolute atomic E-state index is 13.1. The lowest BCUT2D eigenvalue weighted by Crippen LogP contribution is -2.24. The number of ether oxygens (including phenoxy) is 1. The maximum Gasteiger partial charge on any atom is 0.420 e. The number of unbranched alkanes of at least 4 members (excludes halogenated alkanes) is 1. The van der Waals surface area contributed by atoms with Crippen LogP contribution in [-0.4, -0.2) is 17.1 Å². The third kappa shape index (κ3) is 9.35. The van der Waals surface area contributed by atoms with E-state index in [-0.39, 0.29) is 17.1 Å². The quantitative estimate of drug-likeness (QED) is 0.138. The average molecular weight is 574 g/mol. The van der Waals surface area contributed by atoms with Crippen molar-refractivity contribution in [1.82, 2.24) is 4.57 Å². The van der Waals surface area contributed by atoms with Crippen LogP contribution in [0.15, 0.2) is 33.5 Å². The van der Waals surface area contributed by atoms with Crippen molar-refractivity contribution in [1.29, 1.82) is 0 Å². The number of hydrogen-bond donors (Lipinski definition) is 0. The summed E-state index contributed by atoms with van der Waals surface area (Å²) in [5.74, 6) is 0.632. The molecule has 0 fully saturated rings. The molecule has 0 aliphatic heterocycles. The van der Waals surface area contributed by atoms with E-state index in [0.717, 1.165) is 48.3 Å². The van der Waals surface area contributed by atoms with Gasteiger partial charge in [0.25, 0.3) is 0 Å². The zero-order chi connectivity index (χ0) is 29.5. The summed E-state index contributed by atoms with van der Waals surface area (Å²) >= 11 is 3.53. The van der Waals surface area contributed by atoms with Crippen molar-refractivity contribution in [2.24, 2.45) is 11.3 Å². The van der Waals surface area contributed by atoms with E-state index in [4.69, 9.17) is 9.15 Å². The summed E-state index contributed by atoms with van der Waals surface area (Å²) in [6.07, 6.45) is 4.10. The largest absolute Gasteiger partial charge is 0.462 e. The van der Waals surface area contributed by atoms with E-state index in [2.05, 4.69) is 81.0 Å². The van der Waals surface area contributed by atoms with Crippen LogP contribution in [0.4, 0.5) is 0 Å². The minimum atomic E-state index is -0.284. The highest BCUT2D eigenvalue weighted by Crippen LogP contribution is 2.41. The molecule has 0 aliphatic carbocycles. The molecular weight excluding hydrogens is 526 g/mol. The standard InChI is InChI=1S/C24H33NO2S2.C8H14O2/c1-9-18(12-24(6,7)8)13-25-21(19-10-14(2)28-16(19)4)22(27-23(25)26)20-11-15(3)29-17(20)5;1-4-5-6-10-8(9)7(2)3/h10-11,18H,9,12-13H2,1-8H3;2,4-6H2,1,3H3. The molecule has 5 nitrogen and oxygen atoms in total. The molecule has 3 aromatic rings. The molecular formula is C32H47NO4S2. The van der Waals surface area contributed by atoms with E-state index < -0.39 is 0 Å². The smallest absolute Gasteiger partial charge is 0.420 e. The molecule has 3 heterocycles. The molecule has 0 amide bonds. The summed E-state index contributed by atoms with van der Waals surface area (Å²) < 4.78 is 12.6. The van der Waals surface area contributed by atoms with E-state index in [1.165, 1.54) is 19.5 Å². The monoisotopic (exact) mass is 573 g/mol. The van der Waals surface area contributed by atoms with Crippen LogP contribution in [0.3, 0.4) is 0 Å². The minimum absolute atomic E-state index is 0.229. The average Bonchev–Trinajstić information content (AvgIpc) is 3.45. The van der Waals surface area contributed by atoms with E-state index in [1.807, 2.05) is 4.57 Å². The summed E-state index contributed by atoms with van der Waals surface area (Å²) in [5, 5.41) is 0. The summed E-state index contributed by atoms with van der Waals surface area (Å²) in [6, 6.07) is 4.34. The zero-order valence-corrected chi connectivity index (χ0v) is 27.2. The predicted octanol–water partition coefficient (Wildman–Crippen LogP) is 9.50. The van der Waals surface area contributed by atoms with Gasteiger partial charge in [-0.25, -0.2) is 9.59 Å². The molecule has 0 N–H and O–H groups in total. The first-order chi connectivity index (χ1) is 18.2. The second-order valence-corrected chi connectivity index (χ2v) is 14.5. The lowest BCUT2D eigenvalue weighted by molar-refractivity contribution is -0.139. The second kappa shape index (κ2) is 14.3. The number of aromatic nitrogens is 1. The molecule has 0 spiro atoms. The number of thiophene rings is 2. The van der Waals surface area contributed by atoms with E-state index in [0.29, 0.717) is 24.6 Å². The van der Waals surface area contributed by atoms with E-state index in [9.17, 15) is 9.59 Å². The van der Waals surface area contributed by atoms with Gasteiger partial charge in [0.05, 0.1) is 12.3 Å². The third-order valence-electron chi connectivity index (χ3n) is 6.48. The number of carbonyl (C=O) groups excluding carboxylic acids is 1. The molecule has 1 atom stereocenters. The Balaban J connectivity index is 0.000000455. The Morgan fingerprint density at radius 2 is 1.62 bits per heavy atom. The predicted molar refractivity (Wildman–Crippen MR) is 167 cm³/mol. The molecule has 1 unspecified atom stereocenters. The highest BCUT2D eigenvalue weighted by molar-refractivity contribution is 7.12.